The Morgan fingerprint density at radius 1 is 0.921 bits per heavy atom. The highest BCUT2D eigenvalue weighted by Gasteiger charge is 2.42. The Morgan fingerprint density at radius 2 is 1.66 bits per heavy atom. The van der Waals surface area contributed by atoms with Crippen LogP contribution in [0, 0.1) is 11.6 Å². The van der Waals surface area contributed by atoms with Gasteiger partial charge >= 0.3 is 6.18 Å². The number of amides is 1. The molecule has 0 spiro atoms. The number of rotatable bonds is 7. The Labute approximate surface area is 220 Å². The van der Waals surface area contributed by atoms with Gasteiger partial charge in [-0.3, -0.25) is 9.78 Å². The molecule has 0 bridgehead atoms. The van der Waals surface area contributed by atoms with Gasteiger partial charge in [0, 0.05) is 23.7 Å². The molecule has 3 aromatic carbocycles. The number of halogens is 6. The van der Waals surface area contributed by atoms with Gasteiger partial charge in [-0.1, -0.05) is 54.1 Å². The zero-order valence-corrected chi connectivity index (χ0v) is 20.6. The molecule has 10 heteroatoms. The van der Waals surface area contributed by atoms with Crippen molar-refractivity contribution in [1.29, 1.82) is 0 Å². The van der Waals surface area contributed by atoms with Crippen LogP contribution in [0.3, 0.4) is 0 Å². The first-order chi connectivity index (χ1) is 18.0. The molecule has 0 aliphatic heterocycles. The van der Waals surface area contributed by atoms with Crippen molar-refractivity contribution in [2.45, 2.75) is 18.1 Å². The van der Waals surface area contributed by atoms with Crippen molar-refractivity contribution in [3.05, 3.63) is 130 Å². The third kappa shape index (κ3) is 5.47. The van der Waals surface area contributed by atoms with Crippen LogP contribution in [0.25, 0.3) is 0 Å². The largest absolute Gasteiger partial charge is 0.493 e. The molecule has 1 N–H and O–H groups in total. The van der Waals surface area contributed by atoms with Crippen molar-refractivity contribution in [3.63, 3.8) is 0 Å². The maximum Gasteiger partial charge on any atom is 0.419 e. The molecule has 0 fully saturated rings. The average molecular weight is 547 g/mol. The quantitative estimate of drug-likeness (QED) is 0.255. The third-order valence-electron chi connectivity index (χ3n) is 5.97. The van der Waals surface area contributed by atoms with Gasteiger partial charge in [0.05, 0.1) is 23.4 Å². The Balaban J connectivity index is 1.96. The van der Waals surface area contributed by atoms with Crippen LogP contribution in [0.5, 0.6) is 5.75 Å². The Morgan fingerprint density at radius 3 is 2.29 bits per heavy atom. The van der Waals surface area contributed by atoms with E-state index >= 15 is 0 Å². The minimum atomic E-state index is -5.02. The van der Waals surface area contributed by atoms with E-state index in [2.05, 4.69) is 10.3 Å². The first-order valence-electron chi connectivity index (χ1n) is 11.2. The molecule has 1 heterocycles. The van der Waals surface area contributed by atoms with Gasteiger partial charge in [-0.25, -0.2) is 8.78 Å². The van der Waals surface area contributed by atoms with Crippen molar-refractivity contribution < 1.29 is 31.5 Å². The first-order valence-corrected chi connectivity index (χ1v) is 11.6. The minimum Gasteiger partial charge on any atom is -0.493 e. The number of benzene rings is 3. The maximum atomic E-state index is 14.9. The fourth-order valence-corrected chi connectivity index (χ4v) is 4.34. The van der Waals surface area contributed by atoms with Crippen LogP contribution < -0.4 is 10.1 Å². The van der Waals surface area contributed by atoms with E-state index < -0.39 is 40.4 Å². The van der Waals surface area contributed by atoms with Gasteiger partial charge in [-0.15, -0.1) is 0 Å². The molecule has 0 aliphatic rings. The average Bonchev–Trinajstić information content (AvgIpc) is 2.88. The van der Waals surface area contributed by atoms with Gasteiger partial charge in [0.2, 0.25) is 0 Å². The van der Waals surface area contributed by atoms with Crippen LogP contribution in [0.15, 0.2) is 85.1 Å². The van der Waals surface area contributed by atoms with Crippen LogP contribution in [0.1, 0.15) is 32.7 Å². The fourth-order valence-electron chi connectivity index (χ4n) is 4.23. The van der Waals surface area contributed by atoms with E-state index in [9.17, 15) is 26.7 Å². The standard InChI is InChI=1S/C28H20ClF5N2O2/c1-38-25-20(8-5-9-23(25)31)27(15-17-6-3-2-4-7-17,24-13-11-19(29)16-35-24)36-26(37)18-10-12-22(30)21(14-18)28(32,33)34/h2-14,16H,15H2,1H3,(H,36,37)/t27-/m0/s1. The summed E-state index contributed by atoms with van der Waals surface area (Å²) in [5.41, 5.74) is -2.65. The topological polar surface area (TPSA) is 51.2 Å². The van der Waals surface area contributed by atoms with Gasteiger partial charge in [-0.05, 0) is 42.0 Å². The van der Waals surface area contributed by atoms with E-state index in [1.165, 1.54) is 43.6 Å². The number of para-hydroxylation sites is 1. The zero-order chi connectivity index (χ0) is 27.5. The molecular weight excluding hydrogens is 527 g/mol. The number of methoxy groups -OCH3 is 1. The number of ether oxygens (including phenoxy) is 1. The number of carbonyl (C=O) groups excluding carboxylic acids is 1. The molecule has 38 heavy (non-hydrogen) atoms. The zero-order valence-electron chi connectivity index (χ0n) is 19.8. The minimum absolute atomic E-state index is 0.00134. The number of aromatic nitrogens is 1. The number of hydrogen-bond donors (Lipinski definition) is 1. The summed E-state index contributed by atoms with van der Waals surface area (Å²) in [6.07, 6.45) is -3.69. The summed E-state index contributed by atoms with van der Waals surface area (Å²) in [5.74, 6) is -3.42. The monoisotopic (exact) mass is 546 g/mol. The smallest absolute Gasteiger partial charge is 0.419 e. The van der Waals surface area contributed by atoms with Crippen molar-refractivity contribution in [3.8, 4) is 5.75 Å². The molecule has 1 atom stereocenters. The lowest BCUT2D eigenvalue weighted by atomic mass is 9.79. The van der Waals surface area contributed by atoms with E-state index in [1.807, 2.05) is 0 Å². The second-order valence-electron chi connectivity index (χ2n) is 8.40. The first kappa shape index (κ1) is 27.1. The summed E-state index contributed by atoms with van der Waals surface area (Å²) in [5, 5.41) is 3.05. The summed E-state index contributed by atoms with van der Waals surface area (Å²) >= 11 is 6.05. The summed E-state index contributed by atoms with van der Waals surface area (Å²) in [7, 11) is 1.25. The van der Waals surface area contributed by atoms with Crippen LogP contribution in [0.2, 0.25) is 5.02 Å². The van der Waals surface area contributed by atoms with Gasteiger partial charge in [0.15, 0.2) is 11.6 Å². The number of nitrogens with zero attached hydrogens (tertiary/aromatic N) is 1. The molecule has 4 aromatic rings. The summed E-state index contributed by atoms with van der Waals surface area (Å²) in [6, 6.07) is 17.9. The van der Waals surface area contributed by atoms with Gasteiger partial charge < -0.3 is 10.1 Å². The van der Waals surface area contributed by atoms with Crippen molar-refractivity contribution >= 4 is 17.5 Å². The van der Waals surface area contributed by atoms with Gasteiger partial charge in [0.25, 0.3) is 5.91 Å². The SMILES string of the molecule is COc1c(F)cccc1[C@](Cc1ccccc1)(NC(=O)c1ccc(F)c(C(F)(F)F)c1)c1ccc(Cl)cn1. The summed E-state index contributed by atoms with van der Waals surface area (Å²) < 4.78 is 74.4. The molecule has 4 rings (SSSR count). The van der Waals surface area contributed by atoms with E-state index in [4.69, 9.17) is 16.3 Å². The lowest BCUT2D eigenvalue weighted by Gasteiger charge is -2.36. The summed E-state index contributed by atoms with van der Waals surface area (Å²) in [6.45, 7) is 0. The van der Waals surface area contributed by atoms with E-state index in [-0.39, 0.29) is 28.5 Å². The van der Waals surface area contributed by atoms with Crippen LogP contribution in [0.4, 0.5) is 22.0 Å². The molecule has 4 nitrogen and oxygen atoms in total. The maximum absolute atomic E-state index is 14.9. The highest BCUT2D eigenvalue weighted by molar-refractivity contribution is 6.30. The lowest BCUT2D eigenvalue weighted by molar-refractivity contribution is -0.140. The van der Waals surface area contributed by atoms with Crippen molar-refractivity contribution in [1.82, 2.24) is 10.3 Å². The van der Waals surface area contributed by atoms with Crippen LogP contribution in [-0.4, -0.2) is 18.0 Å². The molecular formula is C28H20ClF5N2O2. The Bertz CT molecular complexity index is 1450. The Kier molecular flexibility index (Phi) is 7.68. The molecule has 0 saturated heterocycles. The van der Waals surface area contributed by atoms with Crippen molar-refractivity contribution in [2.75, 3.05) is 7.11 Å². The molecule has 1 amide bonds. The highest BCUT2D eigenvalue weighted by Crippen LogP contribution is 2.40. The highest BCUT2D eigenvalue weighted by atomic mass is 35.5. The fraction of sp³-hybridized carbons (Fsp3) is 0.143. The van der Waals surface area contributed by atoms with Crippen LogP contribution in [-0.2, 0) is 18.1 Å². The number of nitrogens with one attached hydrogen (secondary N) is 1. The molecule has 0 aliphatic carbocycles. The Hall–Kier alpha value is -3.98. The van der Waals surface area contributed by atoms with Crippen LogP contribution >= 0.6 is 11.6 Å². The molecule has 0 radical (unpaired) electrons. The number of carbonyl (C=O) groups is 1. The van der Waals surface area contributed by atoms with E-state index in [1.54, 1.807) is 30.3 Å². The van der Waals surface area contributed by atoms with E-state index in [0.29, 0.717) is 17.7 Å². The van der Waals surface area contributed by atoms with Gasteiger partial charge in [0.1, 0.15) is 11.4 Å². The molecule has 1 aromatic heterocycles. The third-order valence-corrected chi connectivity index (χ3v) is 6.19. The molecule has 0 unspecified atom stereocenters. The van der Waals surface area contributed by atoms with Gasteiger partial charge in [-0.2, -0.15) is 13.2 Å². The predicted octanol–water partition coefficient (Wildman–Crippen LogP) is 6.96. The number of alkyl halides is 3. The predicted molar refractivity (Wildman–Crippen MR) is 132 cm³/mol. The number of hydrogen-bond acceptors (Lipinski definition) is 3. The summed E-state index contributed by atoms with van der Waals surface area (Å²) in [4.78, 5) is 17.9. The van der Waals surface area contributed by atoms with Crippen molar-refractivity contribution in [2.24, 2.45) is 0 Å². The van der Waals surface area contributed by atoms with E-state index in [0.717, 1.165) is 6.07 Å². The second kappa shape index (κ2) is 10.8. The number of pyridine rings is 1. The molecule has 196 valence electrons. The second-order valence-corrected chi connectivity index (χ2v) is 8.83. The molecule has 0 saturated carbocycles. The lowest BCUT2D eigenvalue weighted by Crippen LogP contribution is -2.49. The normalized spacial score (nSPS) is 13.0.